The van der Waals surface area contributed by atoms with Gasteiger partial charge in [-0.3, -0.25) is 14.6 Å². The van der Waals surface area contributed by atoms with E-state index in [4.69, 9.17) is 11.6 Å². The average molecular weight is 561 g/mol. The van der Waals surface area contributed by atoms with Crippen molar-refractivity contribution in [1.82, 2.24) is 9.80 Å². The number of amides is 1. The number of hydrogen-bond donors (Lipinski definition) is 2. The maximum absolute atomic E-state index is 14.9. The van der Waals surface area contributed by atoms with Gasteiger partial charge in [0.15, 0.2) is 11.6 Å². The van der Waals surface area contributed by atoms with Crippen molar-refractivity contribution in [2.45, 2.75) is 38.1 Å². The number of carbonyl (C=O) groups is 1. The minimum Gasteiger partial charge on any atom is -0.392 e. The van der Waals surface area contributed by atoms with Crippen molar-refractivity contribution in [1.29, 1.82) is 0 Å². The smallest absolute Gasteiger partial charge is 0.390 e. The predicted octanol–water partition coefficient (Wildman–Crippen LogP) is 4.90. The van der Waals surface area contributed by atoms with Gasteiger partial charge in [-0.25, -0.2) is 8.78 Å². The predicted molar refractivity (Wildman–Crippen MR) is 136 cm³/mol. The van der Waals surface area contributed by atoms with E-state index >= 15 is 0 Å². The molecule has 0 spiro atoms. The molecule has 1 unspecified atom stereocenters. The van der Waals surface area contributed by atoms with E-state index in [2.05, 4.69) is 5.32 Å². The molecule has 2 aliphatic rings. The molecule has 2 N–H and O–H groups in total. The van der Waals surface area contributed by atoms with Gasteiger partial charge >= 0.3 is 6.18 Å². The average Bonchev–Trinajstić information content (AvgIpc) is 2.86. The van der Waals surface area contributed by atoms with Crippen molar-refractivity contribution in [2.24, 2.45) is 0 Å². The minimum absolute atomic E-state index is 0.0261. The van der Waals surface area contributed by atoms with E-state index in [9.17, 15) is 31.9 Å². The number of aliphatic hydroxyl groups is 1. The van der Waals surface area contributed by atoms with Crippen LogP contribution in [0.15, 0.2) is 30.3 Å². The van der Waals surface area contributed by atoms with Gasteiger partial charge < -0.3 is 15.3 Å². The minimum atomic E-state index is -4.21. The first-order valence-electron chi connectivity index (χ1n) is 12.5. The molecule has 12 heteroatoms. The van der Waals surface area contributed by atoms with Crippen molar-refractivity contribution >= 4 is 28.9 Å². The van der Waals surface area contributed by atoms with Crippen LogP contribution in [-0.4, -0.2) is 78.9 Å². The van der Waals surface area contributed by atoms with Gasteiger partial charge in [0.25, 0.3) is 5.91 Å². The van der Waals surface area contributed by atoms with Crippen molar-refractivity contribution in [2.75, 3.05) is 56.0 Å². The highest BCUT2D eigenvalue weighted by atomic mass is 35.5. The molecule has 0 bridgehead atoms. The van der Waals surface area contributed by atoms with Crippen molar-refractivity contribution in [3.63, 3.8) is 0 Å². The molecule has 1 atom stereocenters. The summed E-state index contributed by atoms with van der Waals surface area (Å²) in [6, 6.07) is 6.98. The first-order valence-corrected chi connectivity index (χ1v) is 12.9. The summed E-state index contributed by atoms with van der Waals surface area (Å²) in [7, 11) is 0. The van der Waals surface area contributed by atoms with Crippen LogP contribution in [0.2, 0.25) is 5.02 Å². The first kappa shape index (κ1) is 28.5. The number of carbonyl (C=O) groups excluding carboxylic acids is 1. The number of hydrogen-bond acceptors (Lipinski definition) is 5. The van der Waals surface area contributed by atoms with Crippen LogP contribution in [0.3, 0.4) is 0 Å². The second-order valence-corrected chi connectivity index (χ2v) is 10.2. The van der Waals surface area contributed by atoms with Gasteiger partial charge in [-0.1, -0.05) is 11.6 Å². The summed E-state index contributed by atoms with van der Waals surface area (Å²) < 4.78 is 66.7. The fourth-order valence-electron chi connectivity index (χ4n) is 4.92. The SMILES string of the molecule is O=C(Nc1ccc(Cl)cc1N1CCN(CCC(F)(F)F)CC1)c1ccc(F)c(F)c1CN1CCCC(O)C1. The third-order valence-corrected chi connectivity index (χ3v) is 7.17. The Morgan fingerprint density at radius 1 is 1.05 bits per heavy atom. The van der Waals surface area contributed by atoms with Crippen LogP contribution in [0.4, 0.5) is 33.3 Å². The molecule has 2 saturated heterocycles. The third kappa shape index (κ3) is 7.34. The number of aliphatic hydroxyl groups excluding tert-OH is 1. The van der Waals surface area contributed by atoms with Gasteiger partial charge in [0.1, 0.15) is 0 Å². The lowest BCUT2D eigenvalue weighted by atomic mass is 10.0. The zero-order valence-electron chi connectivity index (χ0n) is 20.7. The van der Waals surface area contributed by atoms with Crippen LogP contribution in [-0.2, 0) is 6.54 Å². The van der Waals surface area contributed by atoms with E-state index in [1.807, 2.05) is 4.90 Å². The van der Waals surface area contributed by atoms with Crippen LogP contribution in [0.5, 0.6) is 0 Å². The molecule has 2 aromatic rings. The Morgan fingerprint density at radius 2 is 1.79 bits per heavy atom. The van der Waals surface area contributed by atoms with Crippen molar-refractivity contribution < 1.29 is 31.9 Å². The normalized spacial score (nSPS) is 19.6. The van der Waals surface area contributed by atoms with Gasteiger partial charge in [0.05, 0.1) is 23.9 Å². The second kappa shape index (κ2) is 12.1. The number of benzene rings is 2. The Hall–Kier alpha value is -2.47. The Morgan fingerprint density at radius 3 is 2.47 bits per heavy atom. The fourth-order valence-corrected chi connectivity index (χ4v) is 5.08. The van der Waals surface area contributed by atoms with Gasteiger partial charge in [0, 0.05) is 62.0 Å². The van der Waals surface area contributed by atoms with E-state index in [0.29, 0.717) is 68.5 Å². The molecule has 0 aromatic heterocycles. The topological polar surface area (TPSA) is 59.1 Å². The molecule has 2 heterocycles. The summed E-state index contributed by atoms with van der Waals surface area (Å²) in [6.45, 7) is 2.44. The number of likely N-dealkylation sites (tertiary alicyclic amines) is 1. The van der Waals surface area contributed by atoms with Gasteiger partial charge in [-0.05, 0) is 49.7 Å². The molecule has 38 heavy (non-hydrogen) atoms. The molecule has 2 fully saturated rings. The van der Waals surface area contributed by atoms with Crippen molar-refractivity contribution in [3.05, 3.63) is 58.1 Å². The monoisotopic (exact) mass is 560 g/mol. The highest BCUT2D eigenvalue weighted by molar-refractivity contribution is 6.31. The second-order valence-electron chi connectivity index (χ2n) is 9.73. The number of nitrogens with one attached hydrogen (secondary N) is 1. The van der Waals surface area contributed by atoms with Crippen LogP contribution < -0.4 is 10.2 Å². The van der Waals surface area contributed by atoms with E-state index in [1.165, 1.54) is 6.07 Å². The first-order chi connectivity index (χ1) is 18.0. The van der Waals surface area contributed by atoms with E-state index in [-0.39, 0.29) is 24.2 Å². The quantitative estimate of drug-likeness (QED) is 0.472. The highest BCUT2D eigenvalue weighted by Crippen LogP contribution is 2.32. The number of β-amino-alcohol motifs (C(OH)–C–C–N with tert-alkyl or cyclic N) is 1. The number of piperazine rings is 1. The highest BCUT2D eigenvalue weighted by Gasteiger charge is 2.29. The maximum Gasteiger partial charge on any atom is 0.390 e. The number of anilines is 2. The number of rotatable bonds is 7. The Labute approximate surface area is 223 Å². The van der Waals surface area contributed by atoms with Gasteiger partial charge in [0.2, 0.25) is 0 Å². The molecule has 1 amide bonds. The molecule has 2 aliphatic heterocycles. The lowest BCUT2D eigenvalue weighted by molar-refractivity contribution is -0.138. The largest absolute Gasteiger partial charge is 0.392 e. The molecular weight excluding hydrogens is 531 g/mol. The number of alkyl halides is 3. The van der Waals surface area contributed by atoms with E-state index in [0.717, 1.165) is 6.07 Å². The van der Waals surface area contributed by atoms with E-state index in [1.54, 1.807) is 28.0 Å². The summed E-state index contributed by atoms with van der Waals surface area (Å²) in [6.07, 6.45) is -4.32. The van der Waals surface area contributed by atoms with Crippen LogP contribution in [0.1, 0.15) is 35.2 Å². The summed E-state index contributed by atoms with van der Waals surface area (Å²) in [5.74, 6) is -2.81. The lowest BCUT2D eigenvalue weighted by Crippen LogP contribution is -2.47. The molecule has 2 aromatic carbocycles. The summed E-state index contributed by atoms with van der Waals surface area (Å²) in [5, 5.41) is 13.2. The Balaban J connectivity index is 1.50. The standard InChI is InChI=1S/C26H30ClF5N4O2/c27-17-3-6-22(23(14-17)36-12-10-34(11-13-36)9-7-26(30,31)32)33-25(38)19-4-5-21(28)24(29)20(19)16-35-8-1-2-18(37)15-35/h3-6,14,18,37H,1-2,7-13,15-16H2,(H,33,38). The summed E-state index contributed by atoms with van der Waals surface area (Å²) >= 11 is 6.21. The number of halogens is 6. The molecule has 0 saturated carbocycles. The molecule has 208 valence electrons. The molecular formula is C26H30ClF5N4O2. The summed E-state index contributed by atoms with van der Waals surface area (Å²) in [4.78, 5) is 18.8. The van der Waals surface area contributed by atoms with Gasteiger partial charge in [-0.15, -0.1) is 0 Å². The third-order valence-electron chi connectivity index (χ3n) is 6.94. The van der Waals surface area contributed by atoms with Crippen LogP contribution in [0.25, 0.3) is 0 Å². The molecule has 0 aliphatic carbocycles. The van der Waals surface area contributed by atoms with Gasteiger partial charge in [-0.2, -0.15) is 13.2 Å². The zero-order chi connectivity index (χ0) is 27.4. The molecule has 6 nitrogen and oxygen atoms in total. The van der Waals surface area contributed by atoms with Crippen LogP contribution in [0, 0.1) is 11.6 Å². The maximum atomic E-state index is 14.9. The van der Waals surface area contributed by atoms with E-state index < -0.39 is 36.2 Å². The Bertz CT molecular complexity index is 1140. The van der Waals surface area contributed by atoms with Crippen LogP contribution >= 0.6 is 11.6 Å². The number of piperidine rings is 1. The molecule has 0 radical (unpaired) electrons. The van der Waals surface area contributed by atoms with Crippen molar-refractivity contribution in [3.8, 4) is 0 Å². The molecule has 4 rings (SSSR count). The summed E-state index contributed by atoms with van der Waals surface area (Å²) in [5.41, 5.74) is 0.865. The lowest BCUT2D eigenvalue weighted by Gasteiger charge is -2.37. The zero-order valence-corrected chi connectivity index (χ0v) is 21.5. The Kier molecular flexibility index (Phi) is 9.12. The number of nitrogens with zero attached hydrogens (tertiary/aromatic N) is 3. The fraction of sp³-hybridized carbons (Fsp3) is 0.500.